The first-order valence-corrected chi connectivity index (χ1v) is 5.37. The van der Waals surface area contributed by atoms with Crippen molar-refractivity contribution in [2.45, 2.75) is 5.88 Å². The molecule has 0 radical (unpaired) electrons. The summed E-state index contributed by atoms with van der Waals surface area (Å²) >= 11 is 5.56. The van der Waals surface area contributed by atoms with Crippen molar-refractivity contribution in [3.63, 3.8) is 0 Å². The highest BCUT2D eigenvalue weighted by Crippen LogP contribution is 2.24. The number of hydrogen-bond acceptors (Lipinski definition) is 2. The predicted octanol–water partition coefficient (Wildman–Crippen LogP) is 3.89. The highest BCUT2D eigenvalue weighted by Gasteiger charge is 2.10. The van der Waals surface area contributed by atoms with Crippen LogP contribution in [0.2, 0.25) is 0 Å². The number of nitrogens with zero attached hydrogens (tertiary/aromatic N) is 1. The largest absolute Gasteiger partial charge is 0.436 e. The standard InChI is InChI=1S/C12H8ClF2NO/c13-7-8-5-6-16-12(11(8)15)17-10-3-1-9(14)2-4-10/h1-6H,7H2. The van der Waals surface area contributed by atoms with Gasteiger partial charge in [-0.3, -0.25) is 0 Å². The fourth-order valence-electron chi connectivity index (χ4n) is 1.25. The third kappa shape index (κ3) is 2.71. The van der Waals surface area contributed by atoms with Crippen LogP contribution >= 0.6 is 11.6 Å². The van der Waals surface area contributed by atoms with E-state index in [1.165, 1.54) is 36.5 Å². The quantitative estimate of drug-likeness (QED) is 0.776. The molecule has 2 rings (SSSR count). The summed E-state index contributed by atoms with van der Waals surface area (Å²) in [6, 6.07) is 6.70. The number of pyridine rings is 1. The third-order valence-electron chi connectivity index (χ3n) is 2.11. The number of hydrogen-bond donors (Lipinski definition) is 0. The second-order valence-electron chi connectivity index (χ2n) is 3.28. The monoisotopic (exact) mass is 255 g/mol. The van der Waals surface area contributed by atoms with Gasteiger partial charge in [-0.25, -0.2) is 13.8 Å². The van der Waals surface area contributed by atoms with Crippen molar-refractivity contribution in [1.82, 2.24) is 4.98 Å². The lowest BCUT2D eigenvalue weighted by Gasteiger charge is -2.07. The summed E-state index contributed by atoms with van der Waals surface area (Å²) < 4.78 is 31.5. The maximum Gasteiger partial charge on any atom is 0.256 e. The molecule has 0 fully saturated rings. The molecule has 2 aromatic rings. The van der Waals surface area contributed by atoms with Gasteiger partial charge in [0.1, 0.15) is 11.6 Å². The molecule has 0 spiro atoms. The lowest BCUT2D eigenvalue weighted by Crippen LogP contribution is -1.95. The van der Waals surface area contributed by atoms with Gasteiger partial charge in [0, 0.05) is 11.8 Å². The molecule has 2 nitrogen and oxygen atoms in total. The lowest BCUT2D eigenvalue weighted by molar-refractivity contribution is 0.419. The number of halogens is 3. The molecule has 1 heterocycles. The first-order valence-electron chi connectivity index (χ1n) is 4.83. The van der Waals surface area contributed by atoms with Crippen LogP contribution in [0.5, 0.6) is 11.6 Å². The van der Waals surface area contributed by atoms with E-state index in [0.29, 0.717) is 11.3 Å². The van der Waals surface area contributed by atoms with Gasteiger partial charge in [0.15, 0.2) is 5.82 Å². The summed E-state index contributed by atoms with van der Waals surface area (Å²) in [5.74, 6) is -0.819. The van der Waals surface area contributed by atoms with Gasteiger partial charge in [0.05, 0.1) is 5.88 Å². The molecule has 1 aromatic heterocycles. The van der Waals surface area contributed by atoms with Crippen LogP contribution in [0.3, 0.4) is 0 Å². The first-order chi connectivity index (χ1) is 8.20. The summed E-state index contributed by atoms with van der Waals surface area (Å²) in [7, 11) is 0. The number of ether oxygens (including phenoxy) is 1. The van der Waals surface area contributed by atoms with E-state index in [1.54, 1.807) is 0 Å². The normalized spacial score (nSPS) is 10.3. The Balaban J connectivity index is 2.27. The summed E-state index contributed by atoms with van der Waals surface area (Å²) in [6.45, 7) is 0. The zero-order valence-corrected chi connectivity index (χ0v) is 9.42. The number of rotatable bonds is 3. The Morgan fingerprint density at radius 2 is 1.82 bits per heavy atom. The highest BCUT2D eigenvalue weighted by atomic mass is 35.5. The van der Waals surface area contributed by atoms with Crippen LogP contribution in [0.15, 0.2) is 36.5 Å². The SMILES string of the molecule is Fc1ccc(Oc2nccc(CCl)c2F)cc1. The molecule has 0 atom stereocenters. The van der Waals surface area contributed by atoms with Crippen molar-refractivity contribution in [1.29, 1.82) is 0 Å². The van der Waals surface area contributed by atoms with Gasteiger partial charge in [-0.15, -0.1) is 11.6 Å². The Morgan fingerprint density at radius 3 is 2.47 bits per heavy atom. The minimum atomic E-state index is -0.605. The molecule has 17 heavy (non-hydrogen) atoms. The van der Waals surface area contributed by atoms with Gasteiger partial charge in [0.25, 0.3) is 5.88 Å². The molecule has 0 aliphatic carbocycles. The summed E-state index contributed by atoms with van der Waals surface area (Å²) in [5.41, 5.74) is 0.304. The average molecular weight is 256 g/mol. The molecule has 0 unspecified atom stereocenters. The first kappa shape index (κ1) is 11.8. The van der Waals surface area contributed by atoms with Gasteiger partial charge in [0.2, 0.25) is 0 Å². The topological polar surface area (TPSA) is 22.1 Å². The van der Waals surface area contributed by atoms with Crippen molar-refractivity contribution in [3.05, 3.63) is 53.7 Å². The number of benzene rings is 1. The van der Waals surface area contributed by atoms with Crippen LogP contribution in [0.25, 0.3) is 0 Å². The van der Waals surface area contributed by atoms with E-state index in [2.05, 4.69) is 4.98 Å². The predicted molar refractivity (Wildman–Crippen MR) is 60.2 cm³/mol. The molecule has 0 aliphatic rings. The summed E-state index contributed by atoms with van der Waals surface area (Å²) in [4.78, 5) is 3.75. The molecular weight excluding hydrogens is 248 g/mol. The van der Waals surface area contributed by atoms with E-state index in [-0.39, 0.29) is 17.6 Å². The number of aromatic nitrogens is 1. The van der Waals surface area contributed by atoms with Gasteiger partial charge in [-0.05, 0) is 30.3 Å². The molecule has 0 amide bonds. The smallest absolute Gasteiger partial charge is 0.256 e. The summed E-state index contributed by atoms with van der Waals surface area (Å²) in [5, 5.41) is 0. The maximum atomic E-state index is 13.7. The van der Waals surface area contributed by atoms with E-state index in [4.69, 9.17) is 16.3 Å². The van der Waals surface area contributed by atoms with Crippen LogP contribution in [-0.2, 0) is 5.88 Å². The van der Waals surface area contributed by atoms with Gasteiger partial charge in [-0.1, -0.05) is 0 Å². The minimum Gasteiger partial charge on any atom is -0.436 e. The fourth-order valence-corrected chi connectivity index (χ4v) is 1.46. The minimum absolute atomic E-state index is 0.0358. The van der Waals surface area contributed by atoms with Crippen LogP contribution in [0.4, 0.5) is 8.78 Å². The average Bonchev–Trinajstić information content (AvgIpc) is 2.35. The van der Waals surface area contributed by atoms with E-state index in [9.17, 15) is 8.78 Å². The van der Waals surface area contributed by atoms with E-state index >= 15 is 0 Å². The van der Waals surface area contributed by atoms with Crippen molar-refractivity contribution < 1.29 is 13.5 Å². The Hall–Kier alpha value is -1.68. The van der Waals surface area contributed by atoms with Crippen molar-refractivity contribution in [3.8, 4) is 11.6 Å². The number of alkyl halides is 1. The molecule has 0 aliphatic heterocycles. The van der Waals surface area contributed by atoms with Gasteiger partial charge in [-0.2, -0.15) is 0 Å². The van der Waals surface area contributed by atoms with Crippen LogP contribution < -0.4 is 4.74 Å². The van der Waals surface area contributed by atoms with Crippen molar-refractivity contribution >= 4 is 11.6 Å². The highest BCUT2D eigenvalue weighted by molar-refractivity contribution is 6.17. The Kier molecular flexibility index (Phi) is 3.54. The second-order valence-corrected chi connectivity index (χ2v) is 3.55. The van der Waals surface area contributed by atoms with E-state index in [0.717, 1.165) is 0 Å². The van der Waals surface area contributed by atoms with Crippen LogP contribution in [0, 0.1) is 11.6 Å². The van der Waals surface area contributed by atoms with Crippen LogP contribution in [-0.4, -0.2) is 4.98 Å². The molecular formula is C12H8ClF2NO. The molecule has 1 aromatic carbocycles. The van der Waals surface area contributed by atoms with Crippen molar-refractivity contribution in [2.24, 2.45) is 0 Å². The maximum absolute atomic E-state index is 13.7. The third-order valence-corrected chi connectivity index (χ3v) is 2.40. The Labute approximate surface area is 102 Å². The second kappa shape index (κ2) is 5.10. The van der Waals surface area contributed by atoms with Gasteiger partial charge < -0.3 is 4.74 Å². The summed E-state index contributed by atoms with van der Waals surface area (Å²) in [6.07, 6.45) is 1.40. The zero-order chi connectivity index (χ0) is 12.3. The molecule has 0 saturated carbocycles. The Morgan fingerprint density at radius 1 is 1.12 bits per heavy atom. The molecule has 88 valence electrons. The molecule has 5 heteroatoms. The fraction of sp³-hybridized carbons (Fsp3) is 0.0833. The van der Waals surface area contributed by atoms with Crippen LogP contribution in [0.1, 0.15) is 5.56 Å². The van der Waals surface area contributed by atoms with Crippen molar-refractivity contribution in [2.75, 3.05) is 0 Å². The van der Waals surface area contributed by atoms with E-state index < -0.39 is 5.82 Å². The lowest BCUT2D eigenvalue weighted by atomic mass is 10.3. The molecule has 0 saturated heterocycles. The molecule has 0 N–H and O–H groups in total. The van der Waals surface area contributed by atoms with Gasteiger partial charge >= 0.3 is 0 Å². The Bertz CT molecular complexity index is 516. The van der Waals surface area contributed by atoms with E-state index in [1.807, 2.05) is 0 Å². The zero-order valence-electron chi connectivity index (χ0n) is 8.66. The molecule has 0 bridgehead atoms.